The van der Waals surface area contributed by atoms with Crippen LogP contribution in [0.5, 0.6) is 0 Å². The summed E-state index contributed by atoms with van der Waals surface area (Å²) >= 11 is 0. The number of hydrogen-bond donors (Lipinski definition) is 1. The molecule has 2 unspecified atom stereocenters. The van der Waals surface area contributed by atoms with Gasteiger partial charge in [-0.05, 0) is 37.1 Å². The van der Waals surface area contributed by atoms with E-state index in [0.29, 0.717) is 36.3 Å². The Hall–Kier alpha value is -2.74. The van der Waals surface area contributed by atoms with E-state index in [1.807, 2.05) is 6.92 Å². The van der Waals surface area contributed by atoms with Gasteiger partial charge in [-0.2, -0.15) is 5.10 Å². The number of likely N-dealkylation sites (tertiary alicyclic amines) is 1. The van der Waals surface area contributed by atoms with E-state index >= 15 is 0 Å². The molecule has 7 nitrogen and oxygen atoms in total. The van der Waals surface area contributed by atoms with Crippen LogP contribution in [0.3, 0.4) is 0 Å². The highest BCUT2D eigenvalue weighted by molar-refractivity contribution is 5.96. The molecule has 8 heteroatoms. The molecule has 1 amide bonds. The van der Waals surface area contributed by atoms with Crippen molar-refractivity contribution in [3.63, 3.8) is 0 Å². The van der Waals surface area contributed by atoms with E-state index in [2.05, 4.69) is 5.10 Å². The Labute approximate surface area is 156 Å². The molecule has 0 saturated carbocycles. The fourth-order valence-electron chi connectivity index (χ4n) is 3.54. The van der Waals surface area contributed by atoms with Crippen molar-refractivity contribution in [3.05, 3.63) is 47.5 Å². The summed E-state index contributed by atoms with van der Waals surface area (Å²) in [7, 11) is 1.56. The summed E-state index contributed by atoms with van der Waals surface area (Å²) in [6.45, 7) is 2.25. The highest BCUT2D eigenvalue weighted by Gasteiger charge is 2.38. The zero-order valence-corrected chi connectivity index (χ0v) is 15.3. The van der Waals surface area contributed by atoms with Crippen molar-refractivity contribution in [1.29, 1.82) is 0 Å². The molecular weight excluding hydrogens is 353 g/mol. The zero-order chi connectivity index (χ0) is 19.6. The van der Waals surface area contributed by atoms with Gasteiger partial charge in [0.25, 0.3) is 5.91 Å². The minimum Gasteiger partial charge on any atom is -0.481 e. The molecule has 27 heavy (non-hydrogen) atoms. The molecular formula is C19H22FN3O4. The molecule has 144 valence electrons. The lowest BCUT2D eigenvalue weighted by Crippen LogP contribution is -2.37. The summed E-state index contributed by atoms with van der Waals surface area (Å²) in [5, 5.41) is 13.5. The molecule has 1 aromatic heterocycles. The first-order valence-electron chi connectivity index (χ1n) is 8.83. The van der Waals surface area contributed by atoms with Crippen LogP contribution in [-0.2, 0) is 16.0 Å². The molecule has 2 heterocycles. The molecule has 0 spiro atoms. The highest BCUT2D eigenvalue weighted by atomic mass is 19.1. The Morgan fingerprint density at radius 1 is 1.33 bits per heavy atom. The molecule has 1 saturated heterocycles. The Morgan fingerprint density at radius 3 is 2.63 bits per heavy atom. The number of methoxy groups -OCH3 is 1. The lowest BCUT2D eigenvalue weighted by molar-refractivity contribution is -0.137. The lowest BCUT2D eigenvalue weighted by Gasteiger charge is -2.23. The van der Waals surface area contributed by atoms with Gasteiger partial charge in [-0.3, -0.25) is 9.59 Å². The topological polar surface area (TPSA) is 84.7 Å². The van der Waals surface area contributed by atoms with Gasteiger partial charge in [0.1, 0.15) is 5.82 Å². The van der Waals surface area contributed by atoms with E-state index < -0.39 is 12.0 Å². The Balaban J connectivity index is 1.92. The van der Waals surface area contributed by atoms with E-state index in [1.54, 1.807) is 28.8 Å². The maximum Gasteiger partial charge on any atom is 0.305 e. The monoisotopic (exact) mass is 375 g/mol. The summed E-state index contributed by atoms with van der Waals surface area (Å²) in [6.07, 6.45) is 2.21. The summed E-state index contributed by atoms with van der Waals surface area (Å²) in [6, 6.07) is 5.45. The van der Waals surface area contributed by atoms with Gasteiger partial charge >= 0.3 is 5.97 Å². The van der Waals surface area contributed by atoms with Gasteiger partial charge in [0.15, 0.2) is 0 Å². The fourth-order valence-corrected chi connectivity index (χ4v) is 3.54. The molecule has 1 aromatic carbocycles. The van der Waals surface area contributed by atoms with Crippen molar-refractivity contribution in [2.45, 2.75) is 38.3 Å². The van der Waals surface area contributed by atoms with Gasteiger partial charge < -0.3 is 14.7 Å². The first-order chi connectivity index (χ1) is 12.9. The van der Waals surface area contributed by atoms with Crippen LogP contribution in [0.1, 0.15) is 35.8 Å². The number of carbonyl (C=O) groups excluding carboxylic acids is 1. The third-order valence-electron chi connectivity index (χ3n) is 4.89. The molecule has 0 bridgehead atoms. The minimum atomic E-state index is -0.952. The van der Waals surface area contributed by atoms with Crippen molar-refractivity contribution in [3.8, 4) is 5.69 Å². The second-order valence-corrected chi connectivity index (χ2v) is 6.55. The highest BCUT2D eigenvalue weighted by Crippen LogP contribution is 2.26. The minimum absolute atomic E-state index is 0.126. The van der Waals surface area contributed by atoms with Crippen molar-refractivity contribution >= 4 is 11.9 Å². The number of rotatable bonds is 6. The molecule has 1 aliphatic rings. The SMILES string of the molecule is CCc1c(C(=O)N2CC(OC)CC2CC(=O)O)cnn1-c1ccc(F)cc1. The standard InChI is InChI=1S/C19H22FN3O4/c1-3-17-16(10-21-23(17)13-6-4-12(20)5-7-13)19(26)22-11-15(27-2)8-14(22)9-18(24)25/h4-7,10,14-15H,3,8-9,11H2,1-2H3,(H,24,25). The van der Waals surface area contributed by atoms with Gasteiger partial charge in [0, 0.05) is 19.7 Å². The largest absolute Gasteiger partial charge is 0.481 e. The number of hydrogen-bond acceptors (Lipinski definition) is 4. The van der Waals surface area contributed by atoms with Crippen LogP contribution in [0.4, 0.5) is 4.39 Å². The maximum atomic E-state index is 13.2. The van der Waals surface area contributed by atoms with Crippen molar-refractivity contribution in [1.82, 2.24) is 14.7 Å². The second kappa shape index (κ2) is 7.87. The number of halogens is 1. The smallest absolute Gasteiger partial charge is 0.305 e. The molecule has 3 rings (SSSR count). The van der Waals surface area contributed by atoms with Crippen LogP contribution in [0.25, 0.3) is 5.69 Å². The molecule has 1 fully saturated rings. The van der Waals surface area contributed by atoms with Crippen molar-refractivity contribution in [2.24, 2.45) is 0 Å². The Bertz CT molecular complexity index is 834. The summed E-state index contributed by atoms with van der Waals surface area (Å²) in [5.41, 5.74) is 1.78. The van der Waals surface area contributed by atoms with Crippen LogP contribution in [0, 0.1) is 5.82 Å². The molecule has 0 radical (unpaired) electrons. The molecule has 2 aromatic rings. The number of carbonyl (C=O) groups is 2. The van der Waals surface area contributed by atoms with E-state index in [1.165, 1.54) is 18.3 Å². The molecule has 1 N–H and O–H groups in total. The number of carboxylic acid groups (broad SMARTS) is 1. The first kappa shape index (κ1) is 19.0. The zero-order valence-electron chi connectivity index (χ0n) is 15.3. The van der Waals surface area contributed by atoms with Crippen molar-refractivity contribution in [2.75, 3.05) is 13.7 Å². The first-order valence-corrected chi connectivity index (χ1v) is 8.83. The quantitative estimate of drug-likeness (QED) is 0.837. The number of benzene rings is 1. The van der Waals surface area contributed by atoms with Crippen LogP contribution in [-0.4, -0.2) is 57.5 Å². The molecule has 2 atom stereocenters. The maximum absolute atomic E-state index is 13.2. The van der Waals surface area contributed by atoms with Crippen LogP contribution in [0.2, 0.25) is 0 Å². The van der Waals surface area contributed by atoms with E-state index in [0.717, 1.165) is 0 Å². The third kappa shape index (κ3) is 3.85. The molecule has 1 aliphatic heterocycles. The van der Waals surface area contributed by atoms with E-state index in [9.17, 15) is 14.0 Å². The van der Waals surface area contributed by atoms with Gasteiger partial charge in [-0.25, -0.2) is 9.07 Å². The average Bonchev–Trinajstić information content (AvgIpc) is 3.25. The Morgan fingerprint density at radius 2 is 2.04 bits per heavy atom. The van der Waals surface area contributed by atoms with Crippen LogP contribution < -0.4 is 0 Å². The second-order valence-electron chi connectivity index (χ2n) is 6.55. The summed E-state index contributed by atoms with van der Waals surface area (Å²) in [4.78, 5) is 25.9. The normalized spacial score (nSPS) is 19.4. The average molecular weight is 375 g/mol. The van der Waals surface area contributed by atoms with E-state index in [4.69, 9.17) is 9.84 Å². The van der Waals surface area contributed by atoms with Gasteiger partial charge in [-0.1, -0.05) is 6.92 Å². The predicted octanol–water partition coefficient (Wildman–Crippen LogP) is 2.28. The number of carboxylic acids is 1. The van der Waals surface area contributed by atoms with E-state index in [-0.39, 0.29) is 24.2 Å². The van der Waals surface area contributed by atoms with Crippen molar-refractivity contribution < 1.29 is 23.8 Å². The number of nitrogens with zero attached hydrogens (tertiary/aromatic N) is 3. The number of aromatic nitrogens is 2. The number of aliphatic carboxylic acids is 1. The third-order valence-corrected chi connectivity index (χ3v) is 4.89. The number of ether oxygens (including phenoxy) is 1. The summed E-state index contributed by atoms with van der Waals surface area (Å²) in [5.74, 6) is -1.56. The van der Waals surface area contributed by atoms with Crippen LogP contribution in [0.15, 0.2) is 30.5 Å². The number of amides is 1. The summed E-state index contributed by atoms with van der Waals surface area (Å²) < 4.78 is 20.1. The van der Waals surface area contributed by atoms with Crippen LogP contribution >= 0.6 is 0 Å². The van der Waals surface area contributed by atoms with Gasteiger partial charge in [0.2, 0.25) is 0 Å². The Kier molecular flexibility index (Phi) is 5.55. The molecule has 0 aliphatic carbocycles. The van der Waals surface area contributed by atoms with Gasteiger partial charge in [0.05, 0.1) is 35.7 Å². The fraction of sp³-hybridized carbons (Fsp3) is 0.421. The lowest BCUT2D eigenvalue weighted by atomic mass is 10.1. The predicted molar refractivity (Wildman–Crippen MR) is 95.4 cm³/mol. The van der Waals surface area contributed by atoms with Gasteiger partial charge in [-0.15, -0.1) is 0 Å².